The van der Waals surface area contributed by atoms with Crippen LogP contribution in [0.15, 0.2) is 0 Å². The van der Waals surface area contributed by atoms with Crippen LogP contribution in [0.4, 0.5) is 0 Å². The summed E-state index contributed by atoms with van der Waals surface area (Å²) >= 11 is 0. The fourth-order valence-corrected chi connectivity index (χ4v) is 6.67. The minimum atomic E-state index is 0.349. The lowest BCUT2D eigenvalue weighted by Crippen LogP contribution is -1.97. The predicted octanol–water partition coefficient (Wildman–Crippen LogP) is 16.4. The lowest BCUT2D eigenvalue weighted by atomic mass is 10.0. The summed E-state index contributed by atoms with van der Waals surface area (Å²) in [6.45, 7) is 8.53. The monoisotopic (exact) mass is 663 g/mol. The summed E-state index contributed by atoms with van der Waals surface area (Å²) in [5, 5.41) is 0. The summed E-state index contributed by atoms with van der Waals surface area (Å²) < 4.78 is 0. The molecular formula is C45H90O2. The van der Waals surface area contributed by atoms with Crippen molar-refractivity contribution in [2.45, 2.75) is 278 Å². The second-order valence-electron chi connectivity index (χ2n) is 15.2. The van der Waals surface area contributed by atoms with Gasteiger partial charge in [0.1, 0.15) is 11.6 Å². The van der Waals surface area contributed by atoms with Crippen molar-refractivity contribution in [2.75, 3.05) is 0 Å². The highest BCUT2D eigenvalue weighted by Crippen LogP contribution is 2.16. The highest BCUT2D eigenvalue weighted by Gasteiger charge is 2.02. The molecule has 0 atom stereocenters. The maximum Gasteiger partial charge on any atom is 0.132 e. The largest absolute Gasteiger partial charge is 0.300 e. The van der Waals surface area contributed by atoms with Crippen molar-refractivity contribution in [3.8, 4) is 0 Å². The van der Waals surface area contributed by atoms with Gasteiger partial charge < -0.3 is 4.79 Å². The van der Waals surface area contributed by atoms with E-state index in [4.69, 9.17) is 0 Å². The van der Waals surface area contributed by atoms with Gasteiger partial charge in [-0.05, 0) is 26.2 Å². The molecule has 0 saturated heterocycles. The Morgan fingerprint density at radius 1 is 0.255 bits per heavy atom. The third kappa shape index (κ3) is 49.8. The van der Waals surface area contributed by atoms with Crippen molar-refractivity contribution < 1.29 is 9.59 Å². The first-order valence-corrected chi connectivity index (χ1v) is 22.1. The van der Waals surface area contributed by atoms with Gasteiger partial charge in [0.15, 0.2) is 0 Å². The highest BCUT2D eigenvalue weighted by molar-refractivity contribution is 5.78. The zero-order valence-electron chi connectivity index (χ0n) is 33.4. The quantitative estimate of drug-likeness (QED) is 0.0614. The van der Waals surface area contributed by atoms with Crippen molar-refractivity contribution in [3.63, 3.8) is 0 Å². The second kappa shape index (κ2) is 45.3. The Balaban J connectivity index is 0. The Bertz CT molecular complexity index is 559. The molecule has 0 aromatic heterocycles. The Labute approximate surface area is 298 Å². The van der Waals surface area contributed by atoms with Crippen LogP contribution < -0.4 is 0 Å². The summed E-state index contributed by atoms with van der Waals surface area (Å²) in [6, 6.07) is 0. The first-order chi connectivity index (χ1) is 23.1. The Morgan fingerprint density at radius 3 is 0.617 bits per heavy atom. The summed E-state index contributed by atoms with van der Waals surface area (Å²) in [6.07, 6.45) is 51.8. The minimum Gasteiger partial charge on any atom is -0.300 e. The number of carbonyl (C=O) groups excluding carboxylic acids is 2. The molecule has 0 aliphatic heterocycles. The molecule has 0 aliphatic rings. The summed E-state index contributed by atoms with van der Waals surface area (Å²) in [4.78, 5) is 22.7. The summed E-state index contributed by atoms with van der Waals surface area (Å²) in [7, 11) is 0. The van der Waals surface area contributed by atoms with Crippen LogP contribution in [0, 0.1) is 0 Å². The van der Waals surface area contributed by atoms with Gasteiger partial charge in [-0.3, -0.25) is 4.79 Å². The molecule has 0 spiro atoms. The normalized spacial score (nSPS) is 11.1. The molecule has 0 amide bonds. The molecule has 0 aromatic carbocycles. The topological polar surface area (TPSA) is 34.1 Å². The van der Waals surface area contributed by atoms with E-state index >= 15 is 0 Å². The van der Waals surface area contributed by atoms with E-state index in [0.29, 0.717) is 11.6 Å². The van der Waals surface area contributed by atoms with Crippen LogP contribution in [-0.2, 0) is 9.59 Å². The first-order valence-electron chi connectivity index (χ1n) is 22.1. The lowest BCUT2D eigenvalue weighted by molar-refractivity contribution is -0.119. The van der Waals surface area contributed by atoms with Gasteiger partial charge in [-0.25, -0.2) is 0 Å². The Morgan fingerprint density at radius 2 is 0.426 bits per heavy atom. The number of rotatable bonds is 39. The van der Waals surface area contributed by atoms with E-state index in [0.717, 1.165) is 38.5 Å². The standard InChI is InChI=1S/C23H46O.C22H44O/c1-3-5-7-9-11-13-15-17-19-21-23(24)22-20-18-16-14-12-10-8-6-4-2;1-3-4-5-6-7-8-9-10-11-12-13-14-15-16-17-18-19-20-21-22(2)23/h3-22H2,1-2H3;3-21H2,1-2H3. The van der Waals surface area contributed by atoms with Crippen LogP contribution in [0.5, 0.6) is 0 Å². The van der Waals surface area contributed by atoms with E-state index in [1.807, 2.05) is 0 Å². The van der Waals surface area contributed by atoms with E-state index < -0.39 is 0 Å². The van der Waals surface area contributed by atoms with Crippen molar-refractivity contribution in [2.24, 2.45) is 0 Å². The predicted molar refractivity (Wildman–Crippen MR) is 213 cm³/mol. The number of hydrogen-bond donors (Lipinski definition) is 0. The molecule has 0 aliphatic carbocycles. The number of Topliss-reactive ketones (excluding diaryl/α,β-unsaturated/α-hetero) is 2. The molecule has 0 bridgehead atoms. The van der Waals surface area contributed by atoms with Crippen LogP contribution in [-0.4, -0.2) is 11.6 Å². The molecule has 0 aromatic rings. The van der Waals surface area contributed by atoms with Gasteiger partial charge in [0, 0.05) is 19.3 Å². The van der Waals surface area contributed by atoms with Crippen molar-refractivity contribution >= 4 is 11.6 Å². The molecule has 0 saturated carbocycles. The average molecular weight is 663 g/mol. The van der Waals surface area contributed by atoms with Gasteiger partial charge >= 0.3 is 0 Å². The highest BCUT2D eigenvalue weighted by atomic mass is 16.1. The fraction of sp³-hybridized carbons (Fsp3) is 0.956. The van der Waals surface area contributed by atoms with Gasteiger partial charge in [-0.2, -0.15) is 0 Å². The SMILES string of the molecule is CCCCCCCCCCCC(=O)CCCCCCCCCCC.CCCCCCCCCCCCCCCCCCCCC(C)=O. The fourth-order valence-electron chi connectivity index (χ4n) is 6.67. The Kier molecular flexibility index (Phi) is 46.7. The van der Waals surface area contributed by atoms with Gasteiger partial charge in [0.25, 0.3) is 0 Å². The Hall–Kier alpha value is -0.660. The van der Waals surface area contributed by atoms with Gasteiger partial charge in [-0.15, -0.1) is 0 Å². The minimum absolute atomic E-state index is 0.349. The molecule has 0 fully saturated rings. The molecule has 2 heteroatoms. The molecule has 0 rings (SSSR count). The van der Waals surface area contributed by atoms with E-state index in [1.54, 1.807) is 6.92 Å². The average Bonchev–Trinajstić information content (AvgIpc) is 3.06. The zero-order valence-corrected chi connectivity index (χ0v) is 33.4. The van der Waals surface area contributed by atoms with Gasteiger partial charge in [-0.1, -0.05) is 233 Å². The third-order valence-electron chi connectivity index (χ3n) is 10.0. The van der Waals surface area contributed by atoms with Crippen molar-refractivity contribution in [3.05, 3.63) is 0 Å². The van der Waals surface area contributed by atoms with E-state index in [9.17, 15) is 9.59 Å². The maximum atomic E-state index is 11.9. The van der Waals surface area contributed by atoms with Crippen LogP contribution in [0.1, 0.15) is 278 Å². The van der Waals surface area contributed by atoms with Crippen LogP contribution in [0.2, 0.25) is 0 Å². The van der Waals surface area contributed by atoms with Crippen LogP contribution >= 0.6 is 0 Å². The molecule has 282 valence electrons. The van der Waals surface area contributed by atoms with Gasteiger partial charge in [0.2, 0.25) is 0 Å². The molecule has 0 heterocycles. The zero-order chi connectivity index (χ0) is 34.7. The summed E-state index contributed by atoms with van der Waals surface area (Å²) in [5.41, 5.74) is 0. The second-order valence-corrected chi connectivity index (χ2v) is 15.2. The third-order valence-corrected chi connectivity index (χ3v) is 10.0. The molecule has 47 heavy (non-hydrogen) atoms. The molecule has 2 nitrogen and oxygen atoms in total. The number of hydrogen-bond acceptors (Lipinski definition) is 2. The first kappa shape index (κ1) is 48.5. The molecule has 0 radical (unpaired) electrons. The van der Waals surface area contributed by atoms with Crippen LogP contribution in [0.3, 0.4) is 0 Å². The van der Waals surface area contributed by atoms with Crippen molar-refractivity contribution in [1.29, 1.82) is 0 Å². The van der Waals surface area contributed by atoms with Crippen LogP contribution in [0.25, 0.3) is 0 Å². The molecule has 0 unspecified atom stereocenters. The molecule has 0 N–H and O–H groups in total. The smallest absolute Gasteiger partial charge is 0.132 e. The lowest BCUT2D eigenvalue weighted by Gasteiger charge is -2.03. The maximum absolute atomic E-state index is 11.9. The van der Waals surface area contributed by atoms with E-state index in [1.165, 1.54) is 212 Å². The van der Waals surface area contributed by atoms with E-state index in [-0.39, 0.29) is 0 Å². The number of ketones is 2. The van der Waals surface area contributed by atoms with E-state index in [2.05, 4.69) is 20.8 Å². The number of unbranched alkanes of at least 4 members (excludes halogenated alkanes) is 33. The van der Waals surface area contributed by atoms with Crippen molar-refractivity contribution in [1.82, 2.24) is 0 Å². The molecular weight excluding hydrogens is 572 g/mol. The summed E-state index contributed by atoms with van der Waals surface area (Å²) in [5.74, 6) is 0.863. The number of carbonyl (C=O) groups is 2. The van der Waals surface area contributed by atoms with Gasteiger partial charge in [0.05, 0.1) is 0 Å².